The third kappa shape index (κ3) is 2.46. The van der Waals surface area contributed by atoms with E-state index in [1.54, 1.807) is 12.3 Å². The van der Waals surface area contributed by atoms with Crippen molar-refractivity contribution in [1.29, 1.82) is 5.26 Å². The highest BCUT2D eigenvalue weighted by atomic mass is 35.5. The third-order valence-corrected chi connectivity index (χ3v) is 3.38. The summed E-state index contributed by atoms with van der Waals surface area (Å²) in [6, 6.07) is 3.66. The number of nitriles is 1. The highest BCUT2D eigenvalue weighted by molar-refractivity contribution is 6.31. The van der Waals surface area contributed by atoms with Crippen LogP contribution in [0.25, 0.3) is 0 Å². The minimum absolute atomic E-state index is 0.255. The Bertz CT molecular complexity index is 530. The number of hydrogen-bond donors (Lipinski definition) is 1. The Morgan fingerprint density at radius 1 is 1.61 bits per heavy atom. The molecule has 18 heavy (non-hydrogen) atoms. The summed E-state index contributed by atoms with van der Waals surface area (Å²) in [5.74, 6) is -0.0812. The van der Waals surface area contributed by atoms with Crippen LogP contribution >= 0.6 is 11.6 Å². The average molecular weight is 264 g/mol. The Hall–Kier alpha value is -1.60. The van der Waals surface area contributed by atoms with Crippen LogP contribution in [0.15, 0.2) is 12.3 Å². The minimum atomic E-state index is -0.679. The largest absolute Gasteiger partial charge is 0.332 e. The normalized spacial score (nSPS) is 16.2. The summed E-state index contributed by atoms with van der Waals surface area (Å²) in [6.45, 7) is 4.02. The van der Waals surface area contributed by atoms with Crippen LogP contribution in [0.5, 0.6) is 0 Å². The van der Waals surface area contributed by atoms with E-state index in [1.807, 2.05) is 13.8 Å². The maximum atomic E-state index is 11.9. The first-order valence-electron chi connectivity index (χ1n) is 5.87. The fourth-order valence-electron chi connectivity index (χ4n) is 1.66. The zero-order valence-corrected chi connectivity index (χ0v) is 11.1. The molecule has 0 unspecified atom stereocenters. The molecule has 1 N–H and O–H groups in total. The van der Waals surface area contributed by atoms with Gasteiger partial charge in [0.2, 0.25) is 0 Å². The quantitative estimate of drug-likeness (QED) is 0.912. The second-order valence-corrected chi connectivity index (χ2v) is 5.30. The van der Waals surface area contributed by atoms with Gasteiger partial charge >= 0.3 is 0 Å². The molecule has 0 aliphatic heterocycles. The lowest BCUT2D eigenvalue weighted by atomic mass is 10.1. The number of halogens is 1. The lowest BCUT2D eigenvalue weighted by Crippen LogP contribution is -2.36. The molecule has 1 saturated carbocycles. The molecule has 94 valence electrons. The number of pyridine rings is 1. The number of aromatic nitrogens is 1. The zero-order valence-electron chi connectivity index (χ0n) is 10.3. The van der Waals surface area contributed by atoms with Crippen LogP contribution in [-0.4, -0.2) is 16.4 Å². The highest BCUT2D eigenvalue weighted by Gasteiger charge is 2.44. The van der Waals surface area contributed by atoms with Gasteiger partial charge in [-0.25, -0.2) is 0 Å². The average Bonchev–Trinajstić information content (AvgIpc) is 3.09. The van der Waals surface area contributed by atoms with E-state index in [0.717, 1.165) is 5.56 Å². The Kier molecular flexibility index (Phi) is 3.27. The van der Waals surface area contributed by atoms with Crippen LogP contribution in [0.3, 0.4) is 0 Å². The van der Waals surface area contributed by atoms with Crippen LogP contribution in [0, 0.1) is 11.3 Å². The van der Waals surface area contributed by atoms with Gasteiger partial charge in [-0.1, -0.05) is 25.4 Å². The van der Waals surface area contributed by atoms with E-state index in [-0.39, 0.29) is 17.5 Å². The predicted molar refractivity (Wildman–Crippen MR) is 68.4 cm³/mol. The highest BCUT2D eigenvalue weighted by Crippen LogP contribution is 2.34. The van der Waals surface area contributed by atoms with E-state index < -0.39 is 5.54 Å². The van der Waals surface area contributed by atoms with Crippen molar-refractivity contribution in [2.24, 2.45) is 0 Å². The second kappa shape index (κ2) is 4.58. The Morgan fingerprint density at radius 2 is 2.28 bits per heavy atom. The molecule has 1 aromatic heterocycles. The molecule has 1 aliphatic rings. The van der Waals surface area contributed by atoms with Gasteiger partial charge in [-0.15, -0.1) is 0 Å². The fraction of sp³-hybridized carbons (Fsp3) is 0.462. The molecule has 0 spiro atoms. The number of hydrogen-bond acceptors (Lipinski definition) is 3. The van der Waals surface area contributed by atoms with Gasteiger partial charge in [0.25, 0.3) is 5.91 Å². The predicted octanol–water partition coefficient (Wildman–Crippen LogP) is 2.64. The third-order valence-electron chi connectivity index (χ3n) is 3.05. The van der Waals surface area contributed by atoms with Crippen LogP contribution < -0.4 is 5.32 Å². The van der Waals surface area contributed by atoms with Crippen molar-refractivity contribution in [3.63, 3.8) is 0 Å². The SMILES string of the molecule is CC(C)c1cnc(C(=O)NC2(C#N)CC2)cc1Cl. The van der Waals surface area contributed by atoms with Gasteiger partial charge < -0.3 is 5.32 Å². The number of carbonyl (C=O) groups is 1. The second-order valence-electron chi connectivity index (χ2n) is 4.89. The van der Waals surface area contributed by atoms with Gasteiger partial charge in [0.1, 0.15) is 11.2 Å². The maximum absolute atomic E-state index is 11.9. The first kappa shape index (κ1) is 12.8. The molecule has 1 aliphatic carbocycles. The van der Waals surface area contributed by atoms with Crippen molar-refractivity contribution in [2.75, 3.05) is 0 Å². The summed E-state index contributed by atoms with van der Waals surface area (Å²) in [4.78, 5) is 16.0. The standard InChI is InChI=1S/C13H14ClN3O/c1-8(2)9-6-16-11(5-10(9)14)12(18)17-13(7-15)3-4-13/h5-6,8H,3-4H2,1-2H3,(H,17,18). The molecular formula is C13H14ClN3O. The van der Waals surface area contributed by atoms with Gasteiger partial charge in [-0.2, -0.15) is 5.26 Å². The summed E-state index contributed by atoms with van der Waals surface area (Å²) < 4.78 is 0. The van der Waals surface area contributed by atoms with E-state index in [9.17, 15) is 4.79 Å². The molecule has 2 rings (SSSR count). The van der Waals surface area contributed by atoms with Gasteiger partial charge in [0.15, 0.2) is 0 Å². The number of nitrogens with one attached hydrogen (secondary N) is 1. The Balaban J connectivity index is 2.17. The van der Waals surface area contributed by atoms with Crippen molar-refractivity contribution in [2.45, 2.75) is 38.1 Å². The molecule has 1 heterocycles. The van der Waals surface area contributed by atoms with E-state index in [1.165, 1.54) is 0 Å². The van der Waals surface area contributed by atoms with Crippen molar-refractivity contribution in [3.05, 3.63) is 28.5 Å². The maximum Gasteiger partial charge on any atom is 0.271 e. The number of nitrogens with zero attached hydrogens (tertiary/aromatic N) is 2. The van der Waals surface area contributed by atoms with E-state index in [0.29, 0.717) is 17.9 Å². The van der Waals surface area contributed by atoms with Crippen molar-refractivity contribution < 1.29 is 4.79 Å². The van der Waals surface area contributed by atoms with E-state index in [4.69, 9.17) is 16.9 Å². The van der Waals surface area contributed by atoms with E-state index in [2.05, 4.69) is 16.4 Å². The monoisotopic (exact) mass is 263 g/mol. The Labute approximate surface area is 111 Å². The molecule has 0 radical (unpaired) electrons. The Morgan fingerprint density at radius 3 is 2.72 bits per heavy atom. The lowest BCUT2D eigenvalue weighted by molar-refractivity contribution is 0.0936. The number of rotatable bonds is 3. The smallest absolute Gasteiger partial charge is 0.271 e. The molecule has 0 saturated heterocycles. The fourth-order valence-corrected chi connectivity index (χ4v) is 2.03. The summed E-state index contributed by atoms with van der Waals surface area (Å²) in [5.41, 5.74) is 0.489. The minimum Gasteiger partial charge on any atom is -0.332 e. The van der Waals surface area contributed by atoms with Crippen LogP contribution in [0.1, 0.15) is 48.7 Å². The summed E-state index contributed by atoms with van der Waals surface area (Å²) in [7, 11) is 0. The molecule has 1 aromatic rings. The lowest BCUT2D eigenvalue weighted by Gasteiger charge is -2.11. The molecule has 1 fully saturated rings. The van der Waals surface area contributed by atoms with Crippen LogP contribution in [-0.2, 0) is 0 Å². The summed E-state index contributed by atoms with van der Waals surface area (Å²) in [5, 5.41) is 12.1. The van der Waals surface area contributed by atoms with Gasteiger partial charge in [0.05, 0.1) is 6.07 Å². The molecule has 4 nitrogen and oxygen atoms in total. The summed E-state index contributed by atoms with van der Waals surface area (Å²) in [6.07, 6.45) is 3.02. The van der Waals surface area contributed by atoms with Crippen molar-refractivity contribution >= 4 is 17.5 Å². The van der Waals surface area contributed by atoms with Crippen molar-refractivity contribution in [1.82, 2.24) is 10.3 Å². The van der Waals surface area contributed by atoms with Crippen molar-refractivity contribution in [3.8, 4) is 6.07 Å². The topological polar surface area (TPSA) is 65.8 Å². The first-order valence-corrected chi connectivity index (χ1v) is 6.24. The molecule has 0 bridgehead atoms. The first-order chi connectivity index (χ1) is 8.47. The van der Waals surface area contributed by atoms with Crippen LogP contribution in [0.2, 0.25) is 5.02 Å². The summed E-state index contributed by atoms with van der Waals surface area (Å²) >= 11 is 6.10. The van der Waals surface area contributed by atoms with Gasteiger partial charge in [-0.05, 0) is 30.4 Å². The van der Waals surface area contributed by atoms with Crippen LogP contribution in [0.4, 0.5) is 0 Å². The van der Waals surface area contributed by atoms with Gasteiger partial charge in [0, 0.05) is 11.2 Å². The molecule has 0 atom stereocenters. The molecule has 0 aromatic carbocycles. The molecular weight excluding hydrogens is 250 g/mol. The molecule has 1 amide bonds. The van der Waals surface area contributed by atoms with E-state index >= 15 is 0 Å². The number of carbonyl (C=O) groups excluding carboxylic acids is 1. The number of amides is 1. The molecule has 5 heteroatoms. The zero-order chi connectivity index (χ0) is 13.3. The van der Waals surface area contributed by atoms with Gasteiger partial charge in [-0.3, -0.25) is 9.78 Å².